The van der Waals surface area contributed by atoms with Crippen LogP contribution >= 0.6 is 0 Å². The van der Waals surface area contributed by atoms with Crippen LogP contribution in [0.4, 0.5) is 0 Å². The summed E-state index contributed by atoms with van der Waals surface area (Å²) in [7, 11) is 0. The summed E-state index contributed by atoms with van der Waals surface area (Å²) in [6.45, 7) is 9.24. The van der Waals surface area contributed by atoms with Gasteiger partial charge in [-0.2, -0.15) is 0 Å². The van der Waals surface area contributed by atoms with Gasteiger partial charge >= 0.3 is 0 Å². The molecule has 0 spiro atoms. The van der Waals surface area contributed by atoms with Crippen LogP contribution in [0.3, 0.4) is 0 Å². The SMILES string of the molecule is CC(C)C(=C1C=CCCC1)C(C)C. The van der Waals surface area contributed by atoms with Crippen molar-refractivity contribution in [3.63, 3.8) is 0 Å². The van der Waals surface area contributed by atoms with Crippen molar-refractivity contribution in [3.8, 4) is 0 Å². The molecule has 0 saturated carbocycles. The van der Waals surface area contributed by atoms with Crippen molar-refractivity contribution in [3.05, 3.63) is 23.3 Å². The summed E-state index contributed by atoms with van der Waals surface area (Å²) in [4.78, 5) is 0. The maximum Gasteiger partial charge on any atom is -0.0252 e. The molecule has 0 aromatic heterocycles. The molecule has 0 radical (unpaired) electrons. The van der Waals surface area contributed by atoms with Gasteiger partial charge in [0.2, 0.25) is 0 Å². The topological polar surface area (TPSA) is 0 Å². The summed E-state index contributed by atoms with van der Waals surface area (Å²) < 4.78 is 0. The summed E-state index contributed by atoms with van der Waals surface area (Å²) in [5.41, 5.74) is 3.27. The molecule has 0 N–H and O–H groups in total. The minimum Gasteiger partial charge on any atom is -0.0843 e. The molecule has 1 rings (SSSR count). The Hall–Kier alpha value is -0.520. The van der Waals surface area contributed by atoms with Crippen molar-refractivity contribution in [2.24, 2.45) is 11.8 Å². The molecule has 0 saturated heterocycles. The molecule has 0 fully saturated rings. The summed E-state index contributed by atoms with van der Waals surface area (Å²) in [5.74, 6) is 1.41. The largest absolute Gasteiger partial charge is 0.0843 e. The average Bonchev–Trinajstić information content (AvgIpc) is 2.04. The number of rotatable bonds is 2. The quantitative estimate of drug-likeness (QED) is 0.590. The van der Waals surface area contributed by atoms with E-state index in [1.807, 2.05) is 0 Å². The van der Waals surface area contributed by atoms with Gasteiger partial charge in [-0.05, 0) is 36.7 Å². The number of hydrogen-bond acceptors (Lipinski definition) is 0. The molecule has 0 heteroatoms. The Morgan fingerprint density at radius 2 is 1.77 bits per heavy atom. The molecular weight excluding hydrogens is 156 g/mol. The second-order valence-electron chi connectivity index (χ2n) is 4.58. The van der Waals surface area contributed by atoms with E-state index in [-0.39, 0.29) is 0 Å². The Morgan fingerprint density at radius 3 is 2.15 bits per heavy atom. The van der Waals surface area contributed by atoms with E-state index >= 15 is 0 Å². The van der Waals surface area contributed by atoms with Crippen LogP contribution < -0.4 is 0 Å². The first-order valence-corrected chi connectivity index (χ1v) is 5.52. The van der Waals surface area contributed by atoms with Crippen molar-refractivity contribution in [2.45, 2.75) is 47.0 Å². The minimum absolute atomic E-state index is 0.706. The monoisotopic (exact) mass is 178 g/mol. The highest BCUT2D eigenvalue weighted by Gasteiger charge is 2.13. The van der Waals surface area contributed by atoms with Gasteiger partial charge in [0, 0.05) is 0 Å². The Bertz CT molecular complexity index is 206. The lowest BCUT2D eigenvalue weighted by atomic mass is 9.84. The molecule has 1 aliphatic carbocycles. The van der Waals surface area contributed by atoms with Gasteiger partial charge in [-0.3, -0.25) is 0 Å². The zero-order chi connectivity index (χ0) is 9.84. The summed E-state index contributed by atoms with van der Waals surface area (Å²) in [6, 6.07) is 0. The smallest absolute Gasteiger partial charge is 0.0252 e. The first kappa shape index (κ1) is 10.6. The summed E-state index contributed by atoms with van der Waals surface area (Å²) in [6.07, 6.45) is 8.58. The average molecular weight is 178 g/mol. The van der Waals surface area contributed by atoms with Crippen molar-refractivity contribution in [2.75, 3.05) is 0 Å². The fourth-order valence-corrected chi connectivity index (χ4v) is 2.37. The van der Waals surface area contributed by atoms with Crippen LogP contribution in [-0.2, 0) is 0 Å². The number of hydrogen-bond donors (Lipinski definition) is 0. The highest BCUT2D eigenvalue weighted by atomic mass is 14.2. The lowest BCUT2D eigenvalue weighted by molar-refractivity contribution is 0.606. The van der Waals surface area contributed by atoms with E-state index in [0.29, 0.717) is 11.8 Å². The van der Waals surface area contributed by atoms with E-state index in [2.05, 4.69) is 39.8 Å². The third-order valence-electron chi connectivity index (χ3n) is 2.75. The Labute approximate surface area is 82.7 Å². The second-order valence-corrected chi connectivity index (χ2v) is 4.58. The fourth-order valence-electron chi connectivity index (χ4n) is 2.37. The molecule has 0 bridgehead atoms. The predicted octanol–water partition coefficient (Wildman–Crippen LogP) is 4.34. The molecule has 0 amide bonds. The molecule has 74 valence electrons. The van der Waals surface area contributed by atoms with E-state index in [4.69, 9.17) is 0 Å². The molecule has 0 aromatic carbocycles. The van der Waals surface area contributed by atoms with E-state index in [0.717, 1.165) is 0 Å². The molecule has 0 unspecified atom stereocenters. The van der Waals surface area contributed by atoms with Crippen molar-refractivity contribution >= 4 is 0 Å². The molecule has 1 aliphatic rings. The first-order chi connectivity index (χ1) is 6.13. The van der Waals surface area contributed by atoms with Gasteiger partial charge in [-0.15, -0.1) is 0 Å². The van der Waals surface area contributed by atoms with Gasteiger partial charge in [0.05, 0.1) is 0 Å². The molecule has 0 aliphatic heterocycles. The van der Waals surface area contributed by atoms with Crippen LogP contribution in [0, 0.1) is 11.8 Å². The minimum atomic E-state index is 0.706. The lowest BCUT2D eigenvalue weighted by Crippen LogP contribution is -2.07. The van der Waals surface area contributed by atoms with Gasteiger partial charge in [0.1, 0.15) is 0 Å². The summed E-state index contributed by atoms with van der Waals surface area (Å²) in [5, 5.41) is 0. The first-order valence-electron chi connectivity index (χ1n) is 5.52. The maximum atomic E-state index is 2.35. The van der Waals surface area contributed by atoms with E-state index in [1.165, 1.54) is 19.3 Å². The van der Waals surface area contributed by atoms with Gasteiger partial charge in [-0.1, -0.05) is 45.4 Å². The van der Waals surface area contributed by atoms with Crippen molar-refractivity contribution < 1.29 is 0 Å². The van der Waals surface area contributed by atoms with E-state index in [9.17, 15) is 0 Å². The van der Waals surface area contributed by atoms with Gasteiger partial charge in [-0.25, -0.2) is 0 Å². The van der Waals surface area contributed by atoms with Crippen LogP contribution in [0.2, 0.25) is 0 Å². The zero-order valence-corrected chi connectivity index (χ0v) is 9.43. The van der Waals surface area contributed by atoms with Gasteiger partial charge < -0.3 is 0 Å². The van der Waals surface area contributed by atoms with E-state index < -0.39 is 0 Å². The highest BCUT2D eigenvalue weighted by molar-refractivity contribution is 5.29. The third kappa shape index (κ3) is 2.72. The van der Waals surface area contributed by atoms with E-state index in [1.54, 1.807) is 11.1 Å². The maximum absolute atomic E-state index is 2.35. The molecule has 0 atom stereocenters. The van der Waals surface area contributed by atoms with Crippen molar-refractivity contribution in [1.82, 2.24) is 0 Å². The highest BCUT2D eigenvalue weighted by Crippen LogP contribution is 2.29. The van der Waals surface area contributed by atoms with Crippen molar-refractivity contribution in [1.29, 1.82) is 0 Å². The standard InChI is InChI=1S/C13H22/c1-10(2)13(11(3)4)12-8-6-5-7-9-12/h6,8,10-11H,5,7,9H2,1-4H3. The van der Waals surface area contributed by atoms with Gasteiger partial charge in [0.25, 0.3) is 0 Å². The molecule has 13 heavy (non-hydrogen) atoms. The number of allylic oxidation sites excluding steroid dienone is 4. The third-order valence-corrected chi connectivity index (χ3v) is 2.75. The van der Waals surface area contributed by atoms with Crippen LogP contribution in [-0.4, -0.2) is 0 Å². The summed E-state index contributed by atoms with van der Waals surface area (Å²) >= 11 is 0. The normalized spacial score (nSPS) is 17.2. The molecular formula is C13H22. The molecule has 0 nitrogen and oxygen atoms in total. The Kier molecular flexibility index (Phi) is 3.77. The zero-order valence-electron chi connectivity index (χ0n) is 9.43. The van der Waals surface area contributed by atoms with Crippen LogP contribution in [0.1, 0.15) is 47.0 Å². The molecule has 0 aromatic rings. The lowest BCUT2D eigenvalue weighted by Gasteiger charge is -2.21. The second kappa shape index (κ2) is 4.64. The Morgan fingerprint density at radius 1 is 1.15 bits per heavy atom. The predicted molar refractivity (Wildman–Crippen MR) is 59.7 cm³/mol. The van der Waals surface area contributed by atoms with Gasteiger partial charge in [0.15, 0.2) is 0 Å². The van der Waals surface area contributed by atoms with Crippen LogP contribution in [0.15, 0.2) is 23.3 Å². The van der Waals surface area contributed by atoms with Crippen LogP contribution in [0.5, 0.6) is 0 Å². The fraction of sp³-hybridized carbons (Fsp3) is 0.692. The molecule has 0 heterocycles. The van der Waals surface area contributed by atoms with Crippen LogP contribution in [0.25, 0.3) is 0 Å². The Balaban J connectivity index is 2.93.